The first kappa shape index (κ1) is 22.0. The van der Waals surface area contributed by atoms with E-state index in [0.29, 0.717) is 23.8 Å². The minimum Gasteiger partial charge on any atom is -0.496 e. The molecule has 3 aromatic carbocycles. The van der Waals surface area contributed by atoms with E-state index in [1.165, 1.54) is 6.08 Å². The lowest BCUT2D eigenvalue weighted by atomic mass is 9.91. The van der Waals surface area contributed by atoms with Gasteiger partial charge in [0.1, 0.15) is 5.75 Å². The molecule has 0 radical (unpaired) electrons. The van der Waals surface area contributed by atoms with E-state index in [4.69, 9.17) is 14.2 Å². The minimum absolute atomic E-state index is 0.0652. The summed E-state index contributed by atoms with van der Waals surface area (Å²) in [5, 5.41) is 3.02. The first-order valence-electron chi connectivity index (χ1n) is 10.0. The van der Waals surface area contributed by atoms with Crippen LogP contribution in [0.2, 0.25) is 0 Å². The van der Waals surface area contributed by atoms with Gasteiger partial charge in [-0.1, -0.05) is 60.7 Å². The third-order valence-corrected chi connectivity index (χ3v) is 5.03. The number of nitrogens with one attached hydrogen (secondary N) is 1. The largest absolute Gasteiger partial charge is 0.496 e. The Hall–Kier alpha value is -3.73. The molecule has 5 heteroatoms. The maximum atomic E-state index is 12.6. The zero-order chi connectivity index (χ0) is 22.1. The van der Waals surface area contributed by atoms with Gasteiger partial charge in [0, 0.05) is 30.2 Å². The van der Waals surface area contributed by atoms with Crippen molar-refractivity contribution >= 4 is 12.0 Å². The molecule has 0 fully saturated rings. The first-order valence-corrected chi connectivity index (χ1v) is 10.0. The van der Waals surface area contributed by atoms with E-state index in [9.17, 15) is 4.79 Å². The molecule has 0 spiro atoms. The Morgan fingerprint density at radius 3 is 1.84 bits per heavy atom. The summed E-state index contributed by atoms with van der Waals surface area (Å²) >= 11 is 0. The van der Waals surface area contributed by atoms with Gasteiger partial charge in [0.25, 0.3) is 0 Å². The van der Waals surface area contributed by atoms with Crippen molar-refractivity contribution in [3.8, 4) is 17.2 Å². The molecular weight excluding hydrogens is 390 g/mol. The second-order valence-electron chi connectivity index (χ2n) is 6.90. The van der Waals surface area contributed by atoms with Crippen LogP contribution < -0.4 is 19.5 Å². The van der Waals surface area contributed by atoms with Crippen molar-refractivity contribution in [2.45, 2.75) is 5.92 Å². The monoisotopic (exact) mass is 417 g/mol. The van der Waals surface area contributed by atoms with E-state index in [1.54, 1.807) is 39.5 Å². The summed E-state index contributed by atoms with van der Waals surface area (Å²) in [4.78, 5) is 12.6. The third-order valence-electron chi connectivity index (χ3n) is 5.03. The lowest BCUT2D eigenvalue weighted by Gasteiger charge is -2.18. The van der Waals surface area contributed by atoms with E-state index >= 15 is 0 Å². The standard InChI is InChI=1S/C26H27NO4/c1-29-23-17-25(31-3)24(30-2)16-21(23)14-15-26(28)27-18-22(19-10-6-4-7-11-19)20-12-8-5-9-13-20/h4-17,22H,18H2,1-3H3,(H,27,28)/b15-14+. The molecule has 0 bridgehead atoms. The first-order chi connectivity index (χ1) is 15.2. The highest BCUT2D eigenvalue weighted by Gasteiger charge is 2.15. The molecule has 0 aliphatic heterocycles. The predicted octanol–water partition coefficient (Wildman–Crippen LogP) is 4.67. The normalized spacial score (nSPS) is 10.8. The molecule has 0 unspecified atom stereocenters. The molecule has 0 heterocycles. The molecule has 0 aliphatic rings. The van der Waals surface area contributed by atoms with Crippen LogP contribution in [0, 0.1) is 0 Å². The third kappa shape index (κ3) is 5.66. The van der Waals surface area contributed by atoms with Crippen molar-refractivity contribution < 1.29 is 19.0 Å². The topological polar surface area (TPSA) is 56.8 Å². The molecule has 1 amide bonds. The molecule has 31 heavy (non-hydrogen) atoms. The van der Waals surface area contributed by atoms with E-state index in [-0.39, 0.29) is 11.8 Å². The van der Waals surface area contributed by atoms with Gasteiger partial charge in [-0.3, -0.25) is 4.79 Å². The second kappa shape index (κ2) is 10.9. The Balaban J connectivity index is 1.74. The average Bonchev–Trinajstić information content (AvgIpc) is 2.83. The fourth-order valence-corrected chi connectivity index (χ4v) is 3.41. The molecule has 160 valence electrons. The Morgan fingerprint density at radius 1 is 0.806 bits per heavy atom. The van der Waals surface area contributed by atoms with E-state index in [1.807, 2.05) is 36.4 Å². The van der Waals surface area contributed by atoms with Gasteiger partial charge in [-0.25, -0.2) is 0 Å². The number of ether oxygens (including phenoxy) is 3. The zero-order valence-corrected chi connectivity index (χ0v) is 18.0. The van der Waals surface area contributed by atoms with Crippen molar-refractivity contribution in [2.24, 2.45) is 0 Å². The molecular formula is C26H27NO4. The number of carbonyl (C=O) groups is 1. The van der Waals surface area contributed by atoms with Crippen molar-refractivity contribution in [3.05, 3.63) is 95.6 Å². The van der Waals surface area contributed by atoms with Crippen LogP contribution in [-0.4, -0.2) is 33.8 Å². The van der Waals surface area contributed by atoms with Gasteiger partial charge in [0.05, 0.1) is 21.3 Å². The highest BCUT2D eigenvalue weighted by atomic mass is 16.5. The van der Waals surface area contributed by atoms with E-state index < -0.39 is 0 Å². The van der Waals surface area contributed by atoms with Crippen LogP contribution >= 0.6 is 0 Å². The second-order valence-corrected chi connectivity index (χ2v) is 6.90. The maximum Gasteiger partial charge on any atom is 0.244 e. The molecule has 5 nitrogen and oxygen atoms in total. The quantitative estimate of drug-likeness (QED) is 0.514. The summed E-state index contributed by atoms with van der Waals surface area (Å²) in [7, 11) is 4.71. The summed E-state index contributed by atoms with van der Waals surface area (Å²) in [6.45, 7) is 0.486. The van der Waals surface area contributed by atoms with Crippen LogP contribution in [0.3, 0.4) is 0 Å². The predicted molar refractivity (Wildman–Crippen MR) is 123 cm³/mol. The number of carbonyl (C=O) groups excluding carboxylic acids is 1. The van der Waals surface area contributed by atoms with Crippen LogP contribution in [0.4, 0.5) is 0 Å². The number of rotatable bonds is 9. The molecule has 0 saturated heterocycles. The van der Waals surface area contributed by atoms with E-state index in [0.717, 1.165) is 16.7 Å². The van der Waals surface area contributed by atoms with Gasteiger partial charge in [0.2, 0.25) is 5.91 Å². The lowest BCUT2D eigenvalue weighted by Crippen LogP contribution is -2.27. The Labute approximate surface area is 183 Å². The van der Waals surface area contributed by atoms with Gasteiger partial charge in [-0.05, 0) is 23.3 Å². The van der Waals surface area contributed by atoms with Gasteiger partial charge < -0.3 is 19.5 Å². The minimum atomic E-state index is -0.186. The van der Waals surface area contributed by atoms with Gasteiger partial charge in [0.15, 0.2) is 11.5 Å². The van der Waals surface area contributed by atoms with E-state index in [2.05, 4.69) is 29.6 Å². The van der Waals surface area contributed by atoms with Crippen molar-refractivity contribution in [1.82, 2.24) is 5.32 Å². The summed E-state index contributed by atoms with van der Waals surface area (Å²) in [6, 6.07) is 23.8. The fourth-order valence-electron chi connectivity index (χ4n) is 3.41. The Bertz CT molecular complexity index is 977. The Kier molecular flexibility index (Phi) is 7.71. The Morgan fingerprint density at radius 2 is 1.32 bits per heavy atom. The van der Waals surface area contributed by atoms with Crippen LogP contribution in [0.1, 0.15) is 22.6 Å². The van der Waals surface area contributed by atoms with Gasteiger partial charge in [-0.2, -0.15) is 0 Å². The average molecular weight is 418 g/mol. The summed E-state index contributed by atoms with van der Waals surface area (Å²) in [5.74, 6) is 1.60. The number of amides is 1. The summed E-state index contributed by atoms with van der Waals surface area (Å²) in [5.41, 5.74) is 3.03. The number of hydrogen-bond donors (Lipinski definition) is 1. The van der Waals surface area contributed by atoms with Crippen LogP contribution in [-0.2, 0) is 4.79 Å². The van der Waals surface area contributed by atoms with Crippen molar-refractivity contribution in [3.63, 3.8) is 0 Å². The smallest absolute Gasteiger partial charge is 0.244 e. The fraction of sp³-hybridized carbons (Fsp3) is 0.192. The highest BCUT2D eigenvalue weighted by Crippen LogP contribution is 2.35. The molecule has 0 aromatic heterocycles. The summed E-state index contributed by atoms with van der Waals surface area (Å²) in [6.07, 6.45) is 3.20. The molecule has 0 atom stereocenters. The molecule has 3 aromatic rings. The lowest BCUT2D eigenvalue weighted by molar-refractivity contribution is -0.116. The number of hydrogen-bond acceptors (Lipinski definition) is 4. The molecule has 0 saturated carbocycles. The molecule has 3 rings (SSSR count). The van der Waals surface area contributed by atoms with Crippen molar-refractivity contribution in [2.75, 3.05) is 27.9 Å². The zero-order valence-electron chi connectivity index (χ0n) is 18.0. The van der Waals surface area contributed by atoms with Gasteiger partial charge >= 0.3 is 0 Å². The SMILES string of the molecule is COc1cc(OC)c(OC)cc1/C=C/C(=O)NCC(c1ccccc1)c1ccccc1. The summed E-state index contributed by atoms with van der Waals surface area (Å²) < 4.78 is 16.1. The van der Waals surface area contributed by atoms with Crippen LogP contribution in [0.15, 0.2) is 78.9 Å². The number of methoxy groups -OCH3 is 3. The molecule has 1 N–H and O–H groups in total. The highest BCUT2D eigenvalue weighted by molar-refractivity contribution is 5.92. The van der Waals surface area contributed by atoms with Gasteiger partial charge in [-0.15, -0.1) is 0 Å². The number of benzene rings is 3. The van der Waals surface area contributed by atoms with Crippen LogP contribution in [0.5, 0.6) is 17.2 Å². The van der Waals surface area contributed by atoms with Crippen molar-refractivity contribution in [1.29, 1.82) is 0 Å². The molecule has 0 aliphatic carbocycles. The van der Waals surface area contributed by atoms with Crippen LogP contribution in [0.25, 0.3) is 6.08 Å². The maximum absolute atomic E-state index is 12.6.